The Morgan fingerprint density at radius 2 is 2.33 bits per heavy atom. The van der Waals surface area contributed by atoms with E-state index >= 15 is 0 Å². The molecule has 0 aromatic carbocycles. The average molecular weight is 146 g/mol. The van der Waals surface area contributed by atoms with Crippen LogP contribution in [-0.2, 0) is 4.79 Å². The summed E-state index contributed by atoms with van der Waals surface area (Å²) in [6.07, 6.45) is 0.573. The topological polar surface area (TPSA) is 32.3 Å². The van der Waals surface area contributed by atoms with Crippen LogP contribution in [-0.4, -0.2) is 29.8 Å². The van der Waals surface area contributed by atoms with Gasteiger partial charge >= 0.3 is 0 Å². The van der Waals surface area contributed by atoms with Gasteiger partial charge in [-0.2, -0.15) is 0 Å². The lowest BCUT2D eigenvalue weighted by Gasteiger charge is -2.07. The number of nitrogens with zero attached hydrogens (tertiary/aromatic N) is 1. The van der Waals surface area contributed by atoms with Crippen molar-refractivity contribution >= 4 is 18.7 Å². The lowest BCUT2D eigenvalue weighted by Crippen LogP contribution is -2.24. The number of carbonyl (C=O) groups is 1. The molecule has 1 aliphatic rings. The summed E-state index contributed by atoms with van der Waals surface area (Å²) in [5.74, 6) is 0.131. The van der Waals surface area contributed by atoms with Crippen molar-refractivity contribution in [2.75, 3.05) is 19.6 Å². The van der Waals surface area contributed by atoms with Gasteiger partial charge in [-0.3, -0.25) is 9.10 Å². The summed E-state index contributed by atoms with van der Waals surface area (Å²) in [5, 5.41) is 2.75. The summed E-state index contributed by atoms with van der Waals surface area (Å²) < 4.78 is 1.85. The van der Waals surface area contributed by atoms with Gasteiger partial charge in [0.1, 0.15) is 0 Å². The highest BCUT2D eigenvalue weighted by atomic mass is 32.1. The van der Waals surface area contributed by atoms with Crippen molar-refractivity contribution in [3.63, 3.8) is 0 Å². The van der Waals surface area contributed by atoms with Gasteiger partial charge in [-0.15, -0.1) is 0 Å². The first kappa shape index (κ1) is 6.89. The number of hydrogen-bond acceptors (Lipinski definition) is 3. The number of rotatable bonds is 0. The van der Waals surface area contributed by atoms with E-state index in [9.17, 15) is 4.79 Å². The zero-order valence-corrected chi connectivity index (χ0v) is 6.03. The highest BCUT2D eigenvalue weighted by Crippen LogP contribution is 1.97. The fourth-order valence-corrected chi connectivity index (χ4v) is 0.955. The van der Waals surface area contributed by atoms with Gasteiger partial charge in [-0.1, -0.05) is 12.8 Å². The van der Waals surface area contributed by atoms with Crippen LogP contribution in [0, 0.1) is 0 Å². The minimum absolute atomic E-state index is 0.131. The maximum absolute atomic E-state index is 10.7. The molecule has 9 heavy (non-hydrogen) atoms. The predicted molar refractivity (Wildman–Crippen MR) is 38.2 cm³/mol. The maximum atomic E-state index is 10.7. The molecular formula is C5H10N2OS. The predicted octanol–water partition coefficient (Wildman–Crippen LogP) is -0.347. The van der Waals surface area contributed by atoms with Crippen molar-refractivity contribution in [1.29, 1.82) is 0 Å². The Hall–Kier alpha value is -0.220. The van der Waals surface area contributed by atoms with Crippen LogP contribution in [0.5, 0.6) is 0 Å². The van der Waals surface area contributed by atoms with Crippen molar-refractivity contribution in [3.05, 3.63) is 0 Å². The summed E-state index contributed by atoms with van der Waals surface area (Å²) in [5.41, 5.74) is 0. The standard InChI is InChI=1S/C5H10N2OS/c8-5-1-3-7(9)4-2-6-5/h9H,1-4H2,(H,6,8). The Morgan fingerprint density at radius 3 is 3.11 bits per heavy atom. The van der Waals surface area contributed by atoms with E-state index in [2.05, 4.69) is 18.1 Å². The molecule has 0 spiro atoms. The molecule has 1 aliphatic heterocycles. The molecule has 52 valence electrons. The largest absolute Gasteiger partial charge is 0.355 e. The Morgan fingerprint density at radius 1 is 1.56 bits per heavy atom. The number of amides is 1. The van der Waals surface area contributed by atoms with Crippen LogP contribution >= 0.6 is 12.8 Å². The van der Waals surface area contributed by atoms with Gasteiger partial charge in [-0.05, 0) is 0 Å². The number of nitrogens with one attached hydrogen (secondary N) is 1. The van der Waals surface area contributed by atoms with Crippen LogP contribution in [0.1, 0.15) is 6.42 Å². The SMILES string of the molecule is O=C1CCN(S)CCN1. The van der Waals surface area contributed by atoms with E-state index in [-0.39, 0.29) is 5.91 Å². The summed E-state index contributed by atoms with van der Waals surface area (Å²) in [7, 11) is 0. The van der Waals surface area contributed by atoms with Gasteiger partial charge in [0.15, 0.2) is 0 Å². The lowest BCUT2D eigenvalue weighted by atomic mass is 10.4. The van der Waals surface area contributed by atoms with E-state index in [0.29, 0.717) is 6.42 Å². The van der Waals surface area contributed by atoms with Gasteiger partial charge in [0, 0.05) is 26.1 Å². The molecule has 0 aromatic rings. The first-order chi connectivity index (χ1) is 4.29. The third-order valence-electron chi connectivity index (χ3n) is 1.29. The zero-order chi connectivity index (χ0) is 6.69. The normalized spacial score (nSPS) is 23.0. The molecule has 0 aromatic heterocycles. The molecule has 0 radical (unpaired) electrons. The lowest BCUT2D eigenvalue weighted by molar-refractivity contribution is -0.120. The molecule has 1 amide bonds. The molecule has 3 nitrogen and oxygen atoms in total. The quantitative estimate of drug-likeness (QED) is 0.458. The van der Waals surface area contributed by atoms with E-state index in [4.69, 9.17) is 0 Å². The fourth-order valence-electron chi connectivity index (χ4n) is 0.755. The first-order valence-corrected chi connectivity index (χ1v) is 3.39. The number of thiol groups is 1. The summed E-state index contributed by atoms with van der Waals surface area (Å²) in [6, 6.07) is 0. The second-order valence-corrected chi connectivity index (χ2v) is 2.62. The van der Waals surface area contributed by atoms with E-state index < -0.39 is 0 Å². The van der Waals surface area contributed by atoms with Crippen LogP contribution in [0.2, 0.25) is 0 Å². The molecule has 1 N–H and O–H groups in total. The second-order valence-electron chi connectivity index (χ2n) is 2.05. The van der Waals surface area contributed by atoms with E-state index in [0.717, 1.165) is 19.6 Å². The van der Waals surface area contributed by atoms with Crippen LogP contribution in [0.3, 0.4) is 0 Å². The molecule has 0 unspecified atom stereocenters. The third kappa shape index (κ3) is 2.24. The van der Waals surface area contributed by atoms with Crippen LogP contribution in [0.25, 0.3) is 0 Å². The van der Waals surface area contributed by atoms with Crippen LogP contribution in [0.4, 0.5) is 0 Å². The summed E-state index contributed by atoms with van der Waals surface area (Å²) >= 11 is 4.11. The van der Waals surface area contributed by atoms with Crippen molar-refractivity contribution in [3.8, 4) is 0 Å². The number of carbonyl (C=O) groups excluding carboxylic acids is 1. The smallest absolute Gasteiger partial charge is 0.221 e. The molecular weight excluding hydrogens is 136 g/mol. The van der Waals surface area contributed by atoms with Crippen LogP contribution < -0.4 is 5.32 Å². The molecule has 1 rings (SSSR count). The summed E-state index contributed by atoms with van der Waals surface area (Å²) in [4.78, 5) is 10.7. The Balaban J connectivity index is 2.34. The van der Waals surface area contributed by atoms with Crippen LogP contribution in [0.15, 0.2) is 0 Å². The van der Waals surface area contributed by atoms with Crippen molar-refractivity contribution in [1.82, 2.24) is 9.62 Å². The van der Waals surface area contributed by atoms with Gasteiger partial charge < -0.3 is 5.32 Å². The van der Waals surface area contributed by atoms with Crippen molar-refractivity contribution in [2.24, 2.45) is 0 Å². The average Bonchev–Trinajstić information content (AvgIpc) is 1.97. The van der Waals surface area contributed by atoms with Crippen molar-refractivity contribution < 1.29 is 4.79 Å². The minimum Gasteiger partial charge on any atom is -0.355 e. The third-order valence-corrected chi connectivity index (χ3v) is 1.69. The maximum Gasteiger partial charge on any atom is 0.221 e. The van der Waals surface area contributed by atoms with Gasteiger partial charge in [0.2, 0.25) is 5.91 Å². The van der Waals surface area contributed by atoms with E-state index in [1.807, 2.05) is 4.31 Å². The fraction of sp³-hybridized carbons (Fsp3) is 0.800. The molecule has 0 aliphatic carbocycles. The Labute approximate surface area is 60.0 Å². The highest BCUT2D eigenvalue weighted by molar-refractivity contribution is 7.77. The van der Waals surface area contributed by atoms with Gasteiger partial charge in [0.05, 0.1) is 0 Å². The zero-order valence-electron chi connectivity index (χ0n) is 5.13. The molecule has 1 saturated heterocycles. The Bertz CT molecular complexity index is 118. The van der Waals surface area contributed by atoms with E-state index in [1.54, 1.807) is 0 Å². The first-order valence-electron chi connectivity index (χ1n) is 2.99. The molecule has 0 bridgehead atoms. The second kappa shape index (κ2) is 3.08. The van der Waals surface area contributed by atoms with E-state index in [1.165, 1.54) is 0 Å². The molecule has 0 atom stereocenters. The molecule has 4 heteroatoms. The van der Waals surface area contributed by atoms with Gasteiger partial charge in [-0.25, -0.2) is 0 Å². The number of hydrogen-bond donors (Lipinski definition) is 2. The molecule has 1 heterocycles. The highest BCUT2D eigenvalue weighted by Gasteiger charge is 2.08. The van der Waals surface area contributed by atoms with Crippen molar-refractivity contribution in [2.45, 2.75) is 6.42 Å². The Kier molecular flexibility index (Phi) is 2.36. The monoisotopic (exact) mass is 146 g/mol. The minimum atomic E-state index is 0.131. The molecule has 0 saturated carbocycles. The summed E-state index contributed by atoms with van der Waals surface area (Å²) in [6.45, 7) is 2.33. The van der Waals surface area contributed by atoms with Gasteiger partial charge in [0.25, 0.3) is 0 Å². The molecule has 1 fully saturated rings.